The molecule has 0 fully saturated rings. The molecule has 1 atom stereocenters. The first-order valence-electron chi connectivity index (χ1n) is 9.04. The molecule has 6 heteroatoms. The van der Waals surface area contributed by atoms with E-state index in [1.165, 1.54) is 6.20 Å². The van der Waals surface area contributed by atoms with Gasteiger partial charge in [-0.15, -0.1) is 0 Å². The molecule has 138 valence electrons. The fraction of sp³-hybridized carbons (Fsp3) is 0.450. The Labute approximate surface area is 153 Å². The SMILES string of the molecule is CC(C)c1c2cc(-c3nc(N[C@@H](C)C(C)C)ncc3F)ccc2nn1C. The molecule has 0 saturated heterocycles. The molecule has 0 radical (unpaired) electrons. The van der Waals surface area contributed by atoms with Crippen LogP contribution in [0.1, 0.15) is 46.2 Å². The Hall–Kier alpha value is -2.50. The van der Waals surface area contributed by atoms with Crippen LogP contribution in [0.15, 0.2) is 24.4 Å². The number of benzene rings is 1. The van der Waals surface area contributed by atoms with Crippen molar-refractivity contribution in [3.8, 4) is 11.3 Å². The van der Waals surface area contributed by atoms with Crippen LogP contribution in [-0.4, -0.2) is 25.8 Å². The summed E-state index contributed by atoms with van der Waals surface area (Å²) in [6.07, 6.45) is 1.23. The highest BCUT2D eigenvalue weighted by molar-refractivity contribution is 5.86. The molecule has 0 saturated carbocycles. The van der Waals surface area contributed by atoms with E-state index in [-0.39, 0.29) is 6.04 Å². The van der Waals surface area contributed by atoms with Gasteiger partial charge in [0.2, 0.25) is 5.95 Å². The van der Waals surface area contributed by atoms with E-state index in [1.807, 2.05) is 29.9 Å². The van der Waals surface area contributed by atoms with Crippen LogP contribution >= 0.6 is 0 Å². The number of halogens is 1. The Morgan fingerprint density at radius 2 is 1.85 bits per heavy atom. The monoisotopic (exact) mass is 355 g/mol. The Morgan fingerprint density at radius 3 is 2.50 bits per heavy atom. The van der Waals surface area contributed by atoms with E-state index in [0.29, 0.717) is 23.5 Å². The van der Waals surface area contributed by atoms with Crippen molar-refractivity contribution in [2.24, 2.45) is 13.0 Å². The number of fused-ring (bicyclic) bond motifs is 1. The summed E-state index contributed by atoms with van der Waals surface area (Å²) in [6.45, 7) is 10.6. The lowest BCUT2D eigenvalue weighted by molar-refractivity contribution is 0.554. The molecule has 0 aliphatic rings. The first-order chi connectivity index (χ1) is 12.3. The van der Waals surface area contributed by atoms with Crippen molar-refractivity contribution >= 4 is 16.9 Å². The second kappa shape index (κ2) is 7.02. The summed E-state index contributed by atoms with van der Waals surface area (Å²) < 4.78 is 16.3. The van der Waals surface area contributed by atoms with Crippen molar-refractivity contribution in [2.45, 2.75) is 46.6 Å². The maximum absolute atomic E-state index is 14.4. The normalized spacial score (nSPS) is 13.0. The van der Waals surface area contributed by atoms with Crippen LogP contribution in [0.5, 0.6) is 0 Å². The van der Waals surface area contributed by atoms with E-state index >= 15 is 0 Å². The van der Waals surface area contributed by atoms with Gasteiger partial charge in [-0.2, -0.15) is 5.10 Å². The molecule has 3 rings (SSSR count). The summed E-state index contributed by atoms with van der Waals surface area (Å²) in [4.78, 5) is 8.51. The van der Waals surface area contributed by atoms with Gasteiger partial charge in [-0.3, -0.25) is 4.68 Å². The first-order valence-corrected chi connectivity index (χ1v) is 9.04. The van der Waals surface area contributed by atoms with E-state index in [0.717, 1.165) is 22.2 Å². The molecule has 2 heterocycles. The van der Waals surface area contributed by atoms with E-state index in [9.17, 15) is 4.39 Å². The summed E-state index contributed by atoms with van der Waals surface area (Å²) in [5, 5.41) is 8.82. The molecule has 0 bridgehead atoms. The third kappa shape index (κ3) is 3.41. The van der Waals surface area contributed by atoms with Gasteiger partial charge in [-0.05, 0) is 30.9 Å². The van der Waals surface area contributed by atoms with Crippen molar-refractivity contribution in [3.63, 3.8) is 0 Å². The van der Waals surface area contributed by atoms with Gasteiger partial charge >= 0.3 is 0 Å². The summed E-state index contributed by atoms with van der Waals surface area (Å²) in [5.74, 6) is 0.757. The number of aromatic nitrogens is 4. The van der Waals surface area contributed by atoms with Crippen molar-refractivity contribution in [1.82, 2.24) is 19.7 Å². The van der Waals surface area contributed by atoms with E-state index in [2.05, 4.69) is 55.0 Å². The predicted octanol–water partition coefficient (Wildman–Crippen LogP) is 4.75. The van der Waals surface area contributed by atoms with Crippen molar-refractivity contribution in [1.29, 1.82) is 0 Å². The lowest BCUT2D eigenvalue weighted by atomic mass is 10.0. The zero-order valence-electron chi connectivity index (χ0n) is 16.2. The number of hydrogen-bond donors (Lipinski definition) is 1. The Bertz CT molecular complexity index is 929. The predicted molar refractivity (Wildman–Crippen MR) is 104 cm³/mol. The third-order valence-electron chi connectivity index (χ3n) is 4.80. The van der Waals surface area contributed by atoms with Crippen LogP contribution in [0.3, 0.4) is 0 Å². The molecule has 3 aromatic rings. The zero-order valence-corrected chi connectivity index (χ0v) is 16.2. The van der Waals surface area contributed by atoms with Gasteiger partial charge < -0.3 is 5.32 Å². The first kappa shape index (κ1) is 18.3. The highest BCUT2D eigenvalue weighted by atomic mass is 19.1. The molecule has 5 nitrogen and oxygen atoms in total. The maximum Gasteiger partial charge on any atom is 0.223 e. The zero-order chi connectivity index (χ0) is 19.0. The van der Waals surface area contributed by atoms with Crippen LogP contribution in [0.25, 0.3) is 22.2 Å². The van der Waals surface area contributed by atoms with Gasteiger partial charge in [-0.25, -0.2) is 14.4 Å². The Kier molecular flexibility index (Phi) is 4.94. The number of nitrogens with zero attached hydrogens (tertiary/aromatic N) is 4. The standard InChI is InChI=1S/C20H26FN5/c1-11(2)13(5)23-20-22-10-16(21)18(24-20)14-7-8-17-15(9-14)19(12(3)4)26(6)25-17/h7-13H,1-6H3,(H,22,23,24)/t13-/m0/s1. The molecule has 0 aliphatic carbocycles. The van der Waals surface area contributed by atoms with Gasteiger partial charge in [0.1, 0.15) is 5.69 Å². The van der Waals surface area contributed by atoms with Gasteiger partial charge in [-0.1, -0.05) is 33.8 Å². The van der Waals surface area contributed by atoms with Crippen LogP contribution in [0, 0.1) is 11.7 Å². The lowest BCUT2D eigenvalue weighted by Gasteiger charge is -2.17. The second-order valence-electron chi connectivity index (χ2n) is 7.46. The average Bonchev–Trinajstić information content (AvgIpc) is 2.91. The lowest BCUT2D eigenvalue weighted by Crippen LogP contribution is -2.23. The summed E-state index contributed by atoms with van der Waals surface area (Å²) in [7, 11) is 1.94. The van der Waals surface area contributed by atoms with Gasteiger partial charge in [0, 0.05) is 29.7 Å². The Morgan fingerprint density at radius 1 is 1.12 bits per heavy atom. The van der Waals surface area contributed by atoms with Crippen molar-refractivity contribution in [2.75, 3.05) is 5.32 Å². The van der Waals surface area contributed by atoms with E-state index in [1.54, 1.807) is 0 Å². The molecule has 26 heavy (non-hydrogen) atoms. The molecule has 2 aromatic heterocycles. The van der Waals surface area contributed by atoms with E-state index < -0.39 is 5.82 Å². The molecule has 0 aliphatic heterocycles. The fourth-order valence-corrected chi connectivity index (χ4v) is 3.06. The summed E-state index contributed by atoms with van der Waals surface area (Å²) in [5.41, 5.74) is 3.07. The van der Waals surface area contributed by atoms with Gasteiger partial charge in [0.05, 0.1) is 11.7 Å². The van der Waals surface area contributed by atoms with Crippen LogP contribution in [0.4, 0.5) is 10.3 Å². The second-order valence-corrected chi connectivity index (χ2v) is 7.46. The minimum absolute atomic E-state index is 0.196. The number of aryl methyl sites for hydroxylation is 1. The van der Waals surface area contributed by atoms with E-state index in [4.69, 9.17) is 0 Å². The number of hydrogen-bond acceptors (Lipinski definition) is 4. The van der Waals surface area contributed by atoms with Crippen LogP contribution in [-0.2, 0) is 7.05 Å². The topological polar surface area (TPSA) is 55.6 Å². The van der Waals surface area contributed by atoms with Crippen molar-refractivity contribution < 1.29 is 4.39 Å². The highest BCUT2D eigenvalue weighted by Crippen LogP contribution is 2.30. The minimum atomic E-state index is -0.429. The number of rotatable bonds is 5. The minimum Gasteiger partial charge on any atom is -0.351 e. The molecule has 0 unspecified atom stereocenters. The Balaban J connectivity index is 2.07. The molecule has 1 aromatic carbocycles. The average molecular weight is 355 g/mol. The highest BCUT2D eigenvalue weighted by Gasteiger charge is 2.16. The van der Waals surface area contributed by atoms with Gasteiger partial charge in [0.25, 0.3) is 0 Å². The summed E-state index contributed by atoms with van der Waals surface area (Å²) >= 11 is 0. The van der Waals surface area contributed by atoms with Crippen LogP contribution < -0.4 is 5.32 Å². The number of anilines is 1. The van der Waals surface area contributed by atoms with Crippen molar-refractivity contribution in [3.05, 3.63) is 35.9 Å². The smallest absolute Gasteiger partial charge is 0.223 e. The van der Waals surface area contributed by atoms with Gasteiger partial charge in [0.15, 0.2) is 5.82 Å². The summed E-state index contributed by atoms with van der Waals surface area (Å²) in [6, 6.07) is 5.95. The fourth-order valence-electron chi connectivity index (χ4n) is 3.06. The van der Waals surface area contributed by atoms with Crippen LogP contribution in [0.2, 0.25) is 0 Å². The molecule has 1 N–H and O–H groups in total. The number of nitrogens with one attached hydrogen (secondary N) is 1. The molecule has 0 spiro atoms. The largest absolute Gasteiger partial charge is 0.351 e. The molecular weight excluding hydrogens is 329 g/mol. The quantitative estimate of drug-likeness (QED) is 0.717. The molecular formula is C20H26FN5. The maximum atomic E-state index is 14.4. The third-order valence-corrected chi connectivity index (χ3v) is 4.80. The molecule has 0 amide bonds.